The highest BCUT2D eigenvalue weighted by atomic mass is 16.5. The van der Waals surface area contributed by atoms with Gasteiger partial charge >= 0.3 is 5.97 Å². The van der Waals surface area contributed by atoms with Crippen LogP contribution in [0.5, 0.6) is 5.75 Å². The molecule has 0 saturated heterocycles. The van der Waals surface area contributed by atoms with E-state index in [1.807, 2.05) is 25.1 Å². The van der Waals surface area contributed by atoms with E-state index in [4.69, 9.17) is 4.74 Å². The van der Waals surface area contributed by atoms with E-state index < -0.39 is 0 Å². The van der Waals surface area contributed by atoms with Crippen LogP contribution in [0.1, 0.15) is 12.5 Å². The van der Waals surface area contributed by atoms with Gasteiger partial charge in [0.05, 0.1) is 14.2 Å². The van der Waals surface area contributed by atoms with Crippen molar-refractivity contribution in [3.8, 4) is 5.75 Å². The minimum atomic E-state index is -0.354. The van der Waals surface area contributed by atoms with Crippen LogP contribution >= 0.6 is 0 Å². The fraction of sp³-hybridized carbons (Fsp3) is 0.312. The number of hydrogen-bond acceptors (Lipinski definition) is 4. The summed E-state index contributed by atoms with van der Waals surface area (Å²) in [6.45, 7) is 2.79. The van der Waals surface area contributed by atoms with Crippen molar-refractivity contribution in [2.75, 3.05) is 20.8 Å². The van der Waals surface area contributed by atoms with Crippen molar-refractivity contribution in [3.63, 3.8) is 0 Å². The van der Waals surface area contributed by atoms with Crippen molar-refractivity contribution in [2.24, 2.45) is 0 Å². The summed E-state index contributed by atoms with van der Waals surface area (Å²) < 4.78 is 9.62. The van der Waals surface area contributed by atoms with Crippen LogP contribution in [0.15, 0.2) is 48.2 Å². The number of rotatable bonds is 7. The van der Waals surface area contributed by atoms with Gasteiger partial charge in [-0.05, 0) is 37.1 Å². The third kappa shape index (κ3) is 6.09. The highest BCUT2D eigenvalue weighted by Crippen LogP contribution is 2.11. The Kier molecular flexibility index (Phi) is 6.96. The summed E-state index contributed by atoms with van der Waals surface area (Å²) in [5.74, 6) is 0.512. The molecule has 4 heteroatoms. The molecule has 1 N–H and O–H groups in total. The molecule has 0 aliphatic rings. The number of carbonyl (C=O) groups excluding carboxylic acids is 1. The van der Waals surface area contributed by atoms with E-state index in [0.29, 0.717) is 0 Å². The van der Waals surface area contributed by atoms with Crippen molar-refractivity contribution in [1.82, 2.24) is 5.32 Å². The maximum Gasteiger partial charge on any atom is 0.330 e. The van der Waals surface area contributed by atoms with Gasteiger partial charge < -0.3 is 14.8 Å². The van der Waals surface area contributed by atoms with Gasteiger partial charge in [0.15, 0.2) is 0 Å². The van der Waals surface area contributed by atoms with Crippen LogP contribution in [0.3, 0.4) is 0 Å². The summed E-state index contributed by atoms with van der Waals surface area (Å²) in [7, 11) is 3.02. The lowest BCUT2D eigenvalue weighted by atomic mass is 10.1. The molecule has 0 aliphatic carbocycles. The van der Waals surface area contributed by atoms with Gasteiger partial charge in [-0.15, -0.1) is 0 Å². The first-order chi connectivity index (χ1) is 9.65. The quantitative estimate of drug-likeness (QED) is 0.472. The number of hydrogen-bond donors (Lipinski definition) is 1. The second-order valence-electron chi connectivity index (χ2n) is 4.26. The summed E-state index contributed by atoms with van der Waals surface area (Å²) in [4.78, 5) is 10.9. The molecule has 0 aromatic heterocycles. The van der Waals surface area contributed by atoms with Crippen LogP contribution in [-0.2, 0) is 16.0 Å². The first-order valence-electron chi connectivity index (χ1n) is 6.45. The first-order valence-corrected chi connectivity index (χ1v) is 6.45. The summed E-state index contributed by atoms with van der Waals surface area (Å²) >= 11 is 0. The Labute approximate surface area is 120 Å². The Morgan fingerprint density at radius 2 is 1.95 bits per heavy atom. The topological polar surface area (TPSA) is 47.6 Å². The Balaban J connectivity index is 2.33. The Bertz CT molecular complexity index is 475. The van der Waals surface area contributed by atoms with Gasteiger partial charge in [0, 0.05) is 18.3 Å². The summed E-state index contributed by atoms with van der Waals surface area (Å²) in [5.41, 5.74) is 2.25. The van der Waals surface area contributed by atoms with Crippen LogP contribution in [0.4, 0.5) is 0 Å². The van der Waals surface area contributed by atoms with Gasteiger partial charge in [-0.1, -0.05) is 18.2 Å². The third-order valence-electron chi connectivity index (χ3n) is 2.76. The average Bonchev–Trinajstić information content (AvgIpc) is 2.47. The standard InChI is InChI=1S/C16H21NO3/c1-13(5-4-6-16(18)20-3)17-12-11-14-7-9-15(19-2)10-8-14/h4-10,17H,11-12H2,1-3H3/b6-4+,13-5+. The lowest BCUT2D eigenvalue weighted by Gasteiger charge is -2.06. The summed E-state index contributed by atoms with van der Waals surface area (Å²) in [6, 6.07) is 8.02. The molecule has 0 radical (unpaired) electrons. The molecule has 1 rings (SSSR count). The van der Waals surface area contributed by atoms with Gasteiger partial charge in [-0.25, -0.2) is 4.79 Å². The largest absolute Gasteiger partial charge is 0.497 e. The molecule has 1 aromatic carbocycles. The van der Waals surface area contributed by atoms with E-state index in [2.05, 4.69) is 22.2 Å². The van der Waals surface area contributed by atoms with Crippen molar-refractivity contribution in [3.05, 3.63) is 53.8 Å². The normalized spacial score (nSPS) is 11.4. The summed E-state index contributed by atoms with van der Waals surface area (Å²) in [5, 5.41) is 3.28. The summed E-state index contributed by atoms with van der Waals surface area (Å²) in [6.07, 6.45) is 5.82. The molecule has 0 spiro atoms. The maximum absolute atomic E-state index is 10.9. The van der Waals surface area contributed by atoms with Gasteiger partial charge in [-0.2, -0.15) is 0 Å². The van der Waals surface area contributed by atoms with Gasteiger partial charge in [0.1, 0.15) is 5.75 Å². The molecule has 1 aromatic rings. The molecule has 4 nitrogen and oxygen atoms in total. The molecule has 0 heterocycles. The number of ether oxygens (including phenoxy) is 2. The fourth-order valence-corrected chi connectivity index (χ4v) is 1.59. The van der Waals surface area contributed by atoms with E-state index in [9.17, 15) is 4.79 Å². The Morgan fingerprint density at radius 3 is 2.55 bits per heavy atom. The van der Waals surface area contributed by atoms with Gasteiger partial charge in [0.25, 0.3) is 0 Å². The van der Waals surface area contributed by atoms with Crippen LogP contribution in [0.2, 0.25) is 0 Å². The molecule has 0 unspecified atom stereocenters. The van der Waals surface area contributed by atoms with Crippen molar-refractivity contribution >= 4 is 5.97 Å². The van der Waals surface area contributed by atoms with Crippen LogP contribution < -0.4 is 10.1 Å². The second kappa shape index (κ2) is 8.80. The van der Waals surface area contributed by atoms with Crippen LogP contribution in [0.25, 0.3) is 0 Å². The van der Waals surface area contributed by atoms with Crippen LogP contribution in [-0.4, -0.2) is 26.7 Å². The lowest BCUT2D eigenvalue weighted by molar-refractivity contribution is -0.134. The smallest absolute Gasteiger partial charge is 0.330 e. The molecule has 0 aliphatic heterocycles. The SMILES string of the molecule is COC(=O)/C=C/C=C(\C)NCCc1ccc(OC)cc1. The average molecular weight is 275 g/mol. The number of methoxy groups -OCH3 is 2. The monoisotopic (exact) mass is 275 g/mol. The maximum atomic E-state index is 10.9. The van der Waals surface area contributed by atoms with E-state index in [-0.39, 0.29) is 5.97 Å². The van der Waals surface area contributed by atoms with E-state index >= 15 is 0 Å². The lowest BCUT2D eigenvalue weighted by Crippen LogP contribution is -2.14. The van der Waals surface area contributed by atoms with E-state index in [1.54, 1.807) is 13.2 Å². The number of benzene rings is 1. The molecule has 0 saturated carbocycles. The minimum absolute atomic E-state index is 0.354. The Morgan fingerprint density at radius 1 is 1.25 bits per heavy atom. The predicted molar refractivity (Wildman–Crippen MR) is 79.6 cm³/mol. The van der Waals surface area contributed by atoms with E-state index in [0.717, 1.165) is 24.4 Å². The molecule has 0 bridgehead atoms. The number of carbonyl (C=O) groups is 1. The van der Waals surface area contributed by atoms with Crippen molar-refractivity contribution < 1.29 is 14.3 Å². The zero-order valence-electron chi connectivity index (χ0n) is 12.2. The molecule has 0 atom stereocenters. The highest BCUT2D eigenvalue weighted by Gasteiger charge is 1.95. The molecular formula is C16H21NO3. The zero-order chi connectivity index (χ0) is 14.8. The van der Waals surface area contributed by atoms with Crippen molar-refractivity contribution in [1.29, 1.82) is 0 Å². The number of nitrogens with one attached hydrogen (secondary N) is 1. The minimum Gasteiger partial charge on any atom is -0.497 e. The third-order valence-corrected chi connectivity index (χ3v) is 2.76. The molecule has 108 valence electrons. The highest BCUT2D eigenvalue weighted by molar-refractivity contribution is 5.82. The molecular weight excluding hydrogens is 254 g/mol. The first kappa shape index (κ1) is 15.8. The number of allylic oxidation sites excluding steroid dienone is 3. The fourth-order valence-electron chi connectivity index (χ4n) is 1.59. The molecule has 0 amide bonds. The van der Waals surface area contributed by atoms with Crippen LogP contribution in [0, 0.1) is 0 Å². The van der Waals surface area contributed by atoms with E-state index in [1.165, 1.54) is 18.7 Å². The number of esters is 1. The zero-order valence-corrected chi connectivity index (χ0v) is 12.2. The van der Waals surface area contributed by atoms with Gasteiger partial charge in [-0.3, -0.25) is 0 Å². The van der Waals surface area contributed by atoms with Gasteiger partial charge in [0.2, 0.25) is 0 Å². The van der Waals surface area contributed by atoms with Crippen molar-refractivity contribution in [2.45, 2.75) is 13.3 Å². The molecule has 20 heavy (non-hydrogen) atoms. The molecule has 0 fully saturated rings. The predicted octanol–water partition coefficient (Wildman–Crippen LogP) is 2.46. The second-order valence-corrected chi connectivity index (χ2v) is 4.26. The Hall–Kier alpha value is -2.23.